The molecule has 0 amide bonds. The number of nitrogens with one attached hydrogen (secondary N) is 1. The maximum absolute atomic E-state index is 12.6. The first-order valence-electron chi connectivity index (χ1n) is 7.67. The zero-order chi connectivity index (χ0) is 16.7. The highest BCUT2D eigenvalue weighted by molar-refractivity contribution is 7.98. The molecule has 0 saturated heterocycles. The number of ether oxygens (including phenoxy) is 1. The maximum Gasteiger partial charge on any atom is 0.312 e. The zero-order valence-electron chi connectivity index (χ0n) is 13.0. The Hall–Kier alpha value is -2.53. The number of esters is 1. The molecule has 0 aliphatic carbocycles. The lowest BCUT2D eigenvalue weighted by molar-refractivity contribution is -0.135. The Morgan fingerprint density at radius 2 is 1.83 bits per heavy atom. The van der Waals surface area contributed by atoms with Crippen LogP contribution in [0.4, 0.5) is 0 Å². The second-order valence-corrected chi connectivity index (χ2v) is 6.63. The average molecular weight is 337 g/mol. The first-order chi connectivity index (χ1) is 11.7. The fraction of sp³-hybridized carbons (Fsp3) is 0.158. The third kappa shape index (κ3) is 2.41. The van der Waals surface area contributed by atoms with E-state index in [-0.39, 0.29) is 23.9 Å². The minimum Gasteiger partial charge on any atom is -0.425 e. The number of aromatic amines is 1. The SMILES string of the molecule is CSc1ccc([C@@H]2CC(=O)Oc3c2c(=O)[nH]c2ccccc32)cc1. The number of H-pyrrole nitrogens is 1. The lowest BCUT2D eigenvalue weighted by atomic mass is 9.86. The van der Waals surface area contributed by atoms with Crippen molar-refractivity contribution in [1.82, 2.24) is 4.98 Å². The van der Waals surface area contributed by atoms with Crippen LogP contribution < -0.4 is 10.3 Å². The fourth-order valence-electron chi connectivity index (χ4n) is 3.20. The van der Waals surface area contributed by atoms with Gasteiger partial charge in [-0.1, -0.05) is 24.3 Å². The summed E-state index contributed by atoms with van der Waals surface area (Å²) in [5.74, 6) is -0.202. The summed E-state index contributed by atoms with van der Waals surface area (Å²) in [4.78, 5) is 28.8. The van der Waals surface area contributed by atoms with Gasteiger partial charge in [-0.15, -0.1) is 11.8 Å². The van der Waals surface area contributed by atoms with Crippen molar-refractivity contribution < 1.29 is 9.53 Å². The Kier molecular flexibility index (Phi) is 3.65. The number of rotatable bonds is 2. The van der Waals surface area contributed by atoms with Crippen LogP contribution in [0.5, 0.6) is 5.75 Å². The number of para-hydroxylation sites is 1. The van der Waals surface area contributed by atoms with Gasteiger partial charge in [-0.25, -0.2) is 0 Å². The molecule has 0 fully saturated rings. The van der Waals surface area contributed by atoms with Crippen LogP contribution in [0.3, 0.4) is 0 Å². The Morgan fingerprint density at radius 1 is 1.08 bits per heavy atom. The Labute approximate surface area is 142 Å². The van der Waals surface area contributed by atoms with Gasteiger partial charge in [0.25, 0.3) is 5.56 Å². The highest BCUT2D eigenvalue weighted by Gasteiger charge is 2.32. The quantitative estimate of drug-likeness (QED) is 0.572. The van der Waals surface area contributed by atoms with Gasteiger partial charge in [-0.2, -0.15) is 0 Å². The molecule has 120 valence electrons. The van der Waals surface area contributed by atoms with Gasteiger partial charge in [-0.3, -0.25) is 9.59 Å². The zero-order valence-corrected chi connectivity index (χ0v) is 13.9. The summed E-state index contributed by atoms with van der Waals surface area (Å²) in [5, 5.41) is 0.755. The predicted octanol–water partition coefficient (Wildman–Crippen LogP) is 3.69. The van der Waals surface area contributed by atoms with Crippen LogP contribution in [0.25, 0.3) is 10.9 Å². The first-order valence-corrected chi connectivity index (χ1v) is 8.89. The molecule has 0 radical (unpaired) electrons. The van der Waals surface area contributed by atoms with Gasteiger partial charge >= 0.3 is 5.97 Å². The van der Waals surface area contributed by atoms with Gasteiger partial charge in [0, 0.05) is 16.2 Å². The smallest absolute Gasteiger partial charge is 0.312 e. The molecule has 1 aromatic heterocycles. The predicted molar refractivity (Wildman–Crippen MR) is 94.9 cm³/mol. The van der Waals surface area contributed by atoms with Gasteiger partial charge in [-0.05, 0) is 36.1 Å². The molecule has 5 heteroatoms. The molecular weight excluding hydrogens is 322 g/mol. The molecule has 0 spiro atoms. The lowest BCUT2D eigenvalue weighted by Gasteiger charge is -2.25. The molecule has 0 bridgehead atoms. The number of thioether (sulfide) groups is 1. The summed E-state index contributed by atoms with van der Waals surface area (Å²) in [6.07, 6.45) is 2.19. The second kappa shape index (κ2) is 5.83. The third-order valence-corrected chi connectivity index (χ3v) is 5.11. The van der Waals surface area contributed by atoms with Gasteiger partial charge < -0.3 is 9.72 Å². The number of pyridine rings is 1. The summed E-state index contributed by atoms with van der Waals surface area (Å²) in [6, 6.07) is 15.3. The van der Waals surface area contributed by atoms with E-state index in [0.29, 0.717) is 16.8 Å². The summed E-state index contributed by atoms with van der Waals surface area (Å²) in [6.45, 7) is 0. The van der Waals surface area contributed by atoms with Crippen LogP contribution in [0.15, 0.2) is 58.2 Å². The Balaban J connectivity index is 1.94. The highest BCUT2D eigenvalue weighted by Crippen LogP contribution is 2.40. The number of fused-ring (bicyclic) bond motifs is 3. The van der Waals surface area contributed by atoms with E-state index in [1.807, 2.05) is 54.8 Å². The van der Waals surface area contributed by atoms with Gasteiger partial charge in [0.05, 0.1) is 17.5 Å². The summed E-state index contributed by atoms with van der Waals surface area (Å²) in [7, 11) is 0. The number of aromatic nitrogens is 1. The molecule has 1 N–H and O–H groups in total. The van der Waals surface area contributed by atoms with Crippen LogP contribution in [-0.4, -0.2) is 17.2 Å². The Bertz CT molecular complexity index is 992. The number of hydrogen-bond donors (Lipinski definition) is 1. The van der Waals surface area contributed by atoms with Crippen molar-refractivity contribution in [3.63, 3.8) is 0 Å². The monoisotopic (exact) mass is 337 g/mol. The van der Waals surface area contributed by atoms with Gasteiger partial charge in [0.1, 0.15) is 5.75 Å². The molecule has 1 atom stereocenters. The van der Waals surface area contributed by atoms with Crippen molar-refractivity contribution in [1.29, 1.82) is 0 Å². The van der Waals surface area contributed by atoms with Crippen molar-refractivity contribution in [2.24, 2.45) is 0 Å². The minimum absolute atomic E-state index is 0.174. The maximum atomic E-state index is 12.6. The lowest BCUT2D eigenvalue weighted by Crippen LogP contribution is -2.28. The molecule has 1 aliphatic heterocycles. The van der Waals surface area contributed by atoms with E-state index in [2.05, 4.69) is 4.98 Å². The molecule has 0 saturated carbocycles. The van der Waals surface area contributed by atoms with E-state index in [4.69, 9.17) is 4.74 Å². The highest BCUT2D eigenvalue weighted by atomic mass is 32.2. The van der Waals surface area contributed by atoms with Crippen LogP contribution in [0, 0.1) is 0 Å². The number of carbonyl (C=O) groups is 1. The molecule has 2 heterocycles. The van der Waals surface area contributed by atoms with E-state index in [0.717, 1.165) is 15.8 Å². The fourth-order valence-corrected chi connectivity index (χ4v) is 3.61. The molecule has 3 aromatic rings. The molecule has 24 heavy (non-hydrogen) atoms. The number of benzene rings is 2. The van der Waals surface area contributed by atoms with Crippen LogP contribution in [0.2, 0.25) is 0 Å². The molecule has 1 aliphatic rings. The van der Waals surface area contributed by atoms with Gasteiger partial charge in [0.15, 0.2) is 0 Å². The van der Waals surface area contributed by atoms with E-state index in [9.17, 15) is 9.59 Å². The third-order valence-electron chi connectivity index (χ3n) is 4.36. The van der Waals surface area contributed by atoms with Crippen molar-refractivity contribution >= 4 is 28.6 Å². The van der Waals surface area contributed by atoms with E-state index < -0.39 is 0 Å². The van der Waals surface area contributed by atoms with E-state index in [1.165, 1.54) is 0 Å². The molecular formula is C19H15NO3S. The largest absolute Gasteiger partial charge is 0.425 e. The topological polar surface area (TPSA) is 59.2 Å². The molecule has 4 nitrogen and oxygen atoms in total. The van der Waals surface area contributed by atoms with Crippen molar-refractivity contribution in [2.45, 2.75) is 17.2 Å². The first kappa shape index (κ1) is 15.0. The summed E-state index contributed by atoms with van der Waals surface area (Å²) < 4.78 is 5.46. The van der Waals surface area contributed by atoms with Gasteiger partial charge in [0.2, 0.25) is 0 Å². The molecule has 2 aromatic carbocycles. The average Bonchev–Trinajstić information content (AvgIpc) is 2.61. The van der Waals surface area contributed by atoms with Crippen LogP contribution in [0.1, 0.15) is 23.5 Å². The minimum atomic E-state index is -0.308. The summed E-state index contributed by atoms with van der Waals surface area (Å²) >= 11 is 1.66. The summed E-state index contributed by atoms with van der Waals surface area (Å²) in [5.41, 5.74) is 1.96. The Morgan fingerprint density at radius 3 is 2.58 bits per heavy atom. The van der Waals surface area contributed by atoms with Crippen molar-refractivity contribution in [3.05, 3.63) is 70.0 Å². The molecule has 0 unspecified atom stereocenters. The standard InChI is InChI=1S/C19H15NO3S/c1-24-12-8-6-11(7-9-12)14-10-16(21)23-18-13-4-2-3-5-15(13)20-19(22)17(14)18/h2-9,14H,10H2,1H3,(H,20,22)/t14-/m0/s1. The number of hydrogen-bond acceptors (Lipinski definition) is 4. The second-order valence-electron chi connectivity index (χ2n) is 5.75. The molecule has 4 rings (SSSR count). The van der Waals surface area contributed by atoms with Crippen molar-refractivity contribution in [3.8, 4) is 5.75 Å². The van der Waals surface area contributed by atoms with E-state index >= 15 is 0 Å². The van der Waals surface area contributed by atoms with Crippen molar-refractivity contribution in [2.75, 3.05) is 6.26 Å². The normalized spacial score (nSPS) is 16.7. The van der Waals surface area contributed by atoms with Crippen LogP contribution >= 0.6 is 11.8 Å². The number of carbonyl (C=O) groups excluding carboxylic acids is 1. The van der Waals surface area contributed by atoms with Crippen LogP contribution in [-0.2, 0) is 4.79 Å². The van der Waals surface area contributed by atoms with E-state index in [1.54, 1.807) is 11.8 Å².